The van der Waals surface area contributed by atoms with Crippen LogP contribution in [0, 0.1) is 6.92 Å². The smallest absolute Gasteiger partial charge is 0.128 e. The standard InChI is InChI=1S/C18H19N3O/c1-12-6-7-19-16(11-22)18(12)14-5-4-13-9-17(21(2)3)20-10-15(13)8-14/h4-10,22H,11H2,1-3H3. The highest BCUT2D eigenvalue weighted by Gasteiger charge is 2.10. The molecule has 0 atom stereocenters. The Kier molecular flexibility index (Phi) is 3.77. The van der Waals surface area contributed by atoms with Crippen molar-refractivity contribution in [2.45, 2.75) is 13.5 Å². The van der Waals surface area contributed by atoms with E-state index in [2.05, 4.69) is 34.2 Å². The molecule has 0 amide bonds. The van der Waals surface area contributed by atoms with Crippen molar-refractivity contribution in [3.05, 3.63) is 54.0 Å². The summed E-state index contributed by atoms with van der Waals surface area (Å²) < 4.78 is 0. The van der Waals surface area contributed by atoms with Crippen molar-refractivity contribution in [2.75, 3.05) is 19.0 Å². The van der Waals surface area contributed by atoms with Crippen molar-refractivity contribution in [2.24, 2.45) is 0 Å². The van der Waals surface area contributed by atoms with Gasteiger partial charge in [-0.15, -0.1) is 0 Å². The summed E-state index contributed by atoms with van der Waals surface area (Å²) in [6.07, 6.45) is 3.62. The number of rotatable bonds is 3. The zero-order valence-corrected chi connectivity index (χ0v) is 13.0. The fraction of sp³-hybridized carbons (Fsp3) is 0.222. The number of anilines is 1. The second-order valence-electron chi connectivity index (χ2n) is 5.61. The van der Waals surface area contributed by atoms with Gasteiger partial charge in [-0.25, -0.2) is 4.98 Å². The van der Waals surface area contributed by atoms with Crippen LogP contribution in [0.5, 0.6) is 0 Å². The molecule has 2 heterocycles. The Morgan fingerprint density at radius 1 is 1.05 bits per heavy atom. The Bertz CT molecular complexity index is 828. The molecule has 0 spiro atoms. The first-order valence-electron chi connectivity index (χ1n) is 7.23. The van der Waals surface area contributed by atoms with E-state index in [0.717, 1.165) is 33.3 Å². The topological polar surface area (TPSA) is 49.3 Å². The fourth-order valence-electron chi connectivity index (χ4n) is 2.66. The highest BCUT2D eigenvalue weighted by Crippen LogP contribution is 2.29. The molecule has 22 heavy (non-hydrogen) atoms. The molecule has 3 aromatic rings. The van der Waals surface area contributed by atoms with Crippen LogP contribution >= 0.6 is 0 Å². The number of hydrogen-bond acceptors (Lipinski definition) is 4. The highest BCUT2D eigenvalue weighted by molar-refractivity contribution is 5.89. The first-order valence-corrected chi connectivity index (χ1v) is 7.23. The van der Waals surface area contributed by atoms with Crippen LogP contribution in [-0.2, 0) is 6.61 Å². The van der Waals surface area contributed by atoms with E-state index in [1.54, 1.807) is 6.20 Å². The summed E-state index contributed by atoms with van der Waals surface area (Å²) >= 11 is 0. The van der Waals surface area contributed by atoms with Gasteiger partial charge in [0, 0.05) is 37.4 Å². The monoisotopic (exact) mass is 293 g/mol. The minimum Gasteiger partial charge on any atom is -0.390 e. The number of aryl methyl sites for hydroxylation is 1. The van der Waals surface area contributed by atoms with E-state index >= 15 is 0 Å². The lowest BCUT2D eigenvalue weighted by atomic mass is 9.97. The summed E-state index contributed by atoms with van der Waals surface area (Å²) in [5.41, 5.74) is 3.87. The number of aromatic nitrogens is 2. The van der Waals surface area contributed by atoms with Crippen molar-refractivity contribution in [1.29, 1.82) is 0 Å². The fourth-order valence-corrected chi connectivity index (χ4v) is 2.66. The molecular weight excluding hydrogens is 274 g/mol. The van der Waals surface area contributed by atoms with Gasteiger partial charge >= 0.3 is 0 Å². The van der Waals surface area contributed by atoms with E-state index in [4.69, 9.17) is 0 Å². The molecule has 4 heteroatoms. The lowest BCUT2D eigenvalue weighted by Crippen LogP contribution is -2.10. The summed E-state index contributed by atoms with van der Waals surface area (Å²) in [7, 11) is 3.96. The van der Waals surface area contributed by atoms with Crippen LogP contribution in [0.25, 0.3) is 21.9 Å². The SMILES string of the molecule is Cc1ccnc(CO)c1-c1ccc2cc(N(C)C)ncc2c1. The van der Waals surface area contributed by atoms with Crippen molar-refractivity contribution < 1.29 is 5.11 Å². The number of aliphatic hydroxyl groups is 1. The van der Waals surface area contributed by atoms with Crippen molar-refractivity contribution in [3.8, 4) is 11.1 Å². The summed E-state index contributed by atoms with van der Waals surface area (Å²) in [5.74, 6) is 0.939. The minimum absolute atomic E-state index is 0.0626. The van der Waals surface area contributed by atoms with Gasteiger partial charge < -0.3 is 10.0 Å². The molecule has 0 fully saturated rings. The zero-order chi connectivity index (χ0) is 15.7. The van der Waals surface area contributed by atoms with Gasteiger partial charge in [-0.1, -0.05) is 12.1 Å². The third-order valence-electron chi connectivity index (χ3n) is 3.84. The van der Waals surface area contributed by atoms with Gasteiger partial charge in [0.2, 0.25) is 0 Å². The van der Waals surface area contributed by atoms with Crippen LogP contribution in [0.2, 0.25) is 0 Å². The Balaban J connectivity index is 2.16. The highest BCUT2D eigenvalue weighted by atomic mass is 16.3. The lowest BCUT2D eigenvalue weighted by molar-refractivity contribution is 0.277. The van der Waals surface area contributed by atoms with Crippen molar-refractivity contribution in [1.82, 2.24) is 9.97 Å². The number of hydrogen-bond donors (Lipinski definition) is 1. The Hall–Kier alpha value is -2.46. The Morgan fingerprint density at radius 2 is 1.86 bits per heavy atom. The van der Waals surface area contributed by atoms with Crippen LogP contribution in [0.3, 0.4) is 0 Å². The maximum Gasteiger partial charge on any atom is 0.128 e. The predicted octanol–water partition coefficient (Wildman–Crippen LogP) is 3.16. The first kappa shape index (κ1) is 14.5. The van der Waals surface area contributed by atoms with Gasteiger partial charge in [0.1, 0.15) is 5.82 Å². The molecule has 0 bridgehead atoms. The maximum absolute atomic E-state index is 9.53. The lowest BCUT2D eigenvalue weighted by Gasteiger charge is -2.13. The van der Waals surface area contributed by atoms with Gasteiger partial charge in [-0.3, -0.25) is 4.98 Å². The van der Waals surface area contributed by atoms with Gasteiger partial charge in [-0.2, -0.15) is 0 Å². The van der Waals surface area contributed by atoms with Gasteiger partial charge in [0.15, 0.2) is 0 Å². The normalized spacial score (nSPS) is 10.9. The first-order chi connectivity index (χ1) is 10.6. The predicted molar refractivity (Wildman–Crippen MR) is 90.0 cm³/mol. The van der Waals surface area contributed by atoms with Gasteiger partial charge in [0.25, 0.3) is 0 Å². The third-order valence-corrected chi connectivity index (χ3v) is 3.84. The van der Waals surface area contributed by atoms with Crippen molar-refractivity contribution >= 4 is 16.6 Å². The largest absolute Gasteiger partial charge is 0.390 e. The summed E-state index contributed by atoms with van der Waals surface area (Å²) in [6.45, 7) is 1.97. The molecule has 2 aromatic heterocycles. The molecule has 3 rings (SSSR count). The minimum atomic E-state index is -0.0626. The molecule has 0 radical (unpaired) electrons. The number of nitrogens with zero attached hydrogens (tertiary/aromatic N) is 3. The molecule has 0 aliphatic carbocycles. The maximum atomic E-state index is 9.53. The van der Waals surface area contributed by atoms with Crippen LogP contribution in [0.15, 0.2) is 42.7 Å². The molecule has 112 valence electrons. The van der Waals surface area contributed by atoms with E-state index < -0.39 is 0 Å². The molecule has 1 N–H and O–H groups in total. The number of fused-ring (bicyclic) bond motifs is 1. The third kappa shape index (κ3) is 2.53. The van der Waals surface area contributed by atoms with Crippen molar-refractivity contribution in [3.63, 3.8) is 0 Å². The quantitative estimate of drug-likeness (QED) is 0.806. The zero-order valence-electron chi connectivity index (χ0n) is 13.0. The van der Waals surface area contributed by atoms with E-state index in [-0.39, 0.29) is 6.61 Å². The number of aliphatic hydroxyl groups excluding tert-OH is 1. The Labute approximate surface area is 130 Å². The second-order valence-corrected chi connectivity index (χ2v) is 5.61. The van der Waals surface area contributed by atoms with E-state index in [0.29, 0.717) is 5.69 Å². The molecule has 0 saturated carbocycles. The van der Waals surface area contributed by atoms with Gasteiger partial charge in [0.05, 0.1) is 12.3 Å². The van der Waals surface area contributed by atoms with Gasteiger partial charge in [-0.05, 0) is 41.6 Å². The molecule has 0 unspecified atom stereocenters. The second kappa shape index (κ2) is 5.73. The van der Waals surface area contributed by atoms with Crippen LogP contribution in [0.4, 0.5) is 5.82 Å². The Morgan fingerprint density at radius 3 is 2.59 bits per heavy atom. The molecule has 1 aromatic carbocycles. The van der Waals surface area contributed by atoms with E-state index in [1.807, 2.05) is 38.2 Å². The molecule has 4 nitrogen and oxygen atoms in total. The van der Waals surface area contributed by atoms with Crippen LogP contribution in [-0.4, -0.2) is 29.2 Å². The average molecular weight is 293 g/mol. The van der Waals surface area contributed by atoms with E-state index in [9.17, 15) is 5.11 Å². The van der Waals surface area contributed by atoms with E-state index in [1.165, 1.54) is 0 Å². The number of benzene rings is 1. The summed E-state index contributed by atoms with van der Waals surface area (Å²) in [5, 5.41) is 11.8. The van der Waals surface area contributed by atoms with Crippen LogP contribution in [0.1, 0.15) is 11.3 Å². The summed E-state index contributed by atoms with van der Waals surface area (Å²) in [6, 6.07) is 10.3. The summed E-state index contributed by atoms with van der Waals surface area (Å²) in [4.78, 5) is 10.7. The number of pyridine rings is 2. The average Bonchev–Trinajstić information content (AvgIpc) is 2.53. The molecule has 0 saturated heterocycles. The molecule has 0 aliphatic heterocycles. The molecule has 0 aliphatic rings. The molecular formula is C18H19N3O. The van der Waals surface area contributed by atoms with Crippen LogP contribution < -0.4 is 4.90 Å².